The lowest BCUT2D eigenvalue weighted by atomic mass is 10.2. The second kappa shape index (κ2) is 4.07. The summed E-state index contributed by atoms with van der Waals surface area (Å²) in [6.07, 6.45) is 0. The second-order valence-corrected chi connectivity index (χ2v) is 5.13. The zero-order chi connectivity index (χ0) is 12.7. The minimum atomic E-state index is -0.106. The predicted octanol–water partition coefficient (Wildman–Crippen LogP) is 3.54. The fourth-order valence-electron chi connectivity index (χ4n) is 2.11. The Hall–Kier alpha value is -1.94. The van der Waals surface area contributed by atoms with Crippen LogP contribution in [-0.4, -0.2) is 11.0 Å². The van der Waals surface area contributed by atoms with E-state index >= 15 is 0 Å². The van der Waals surface area contributed by atoms with Crippen LogP contribution in [0, 0.1) is 0 Å². The van der Waals surface area contributed by atoms with Gasteiger partial charge in [-0.2, -0.15) is 0 Å². The highest BCUT2D eigenvalue weighted by atomic mass is 32.2. The second-order valence-electron chi connectivity index (χ2n) is 4.05. The van der Waals surface area contributed by atoms with Gasteiger partial charge in [-0.15, -0.1) is 0 Å². The highest BCUT2D eigenvalue weighted by molar-refractivity contribution is 7.99. The number of phenolic OH excluding ortho intramolecular Hbond substituents is 1. The van der Waals surface area contributed by atoms with E-state index in [1.54, 1.807) is 28.8 Å². The lowest BCUT2D eigenvalue weighted by Crippen LogP contribution is -2.25. The zero-order valence-electron chi connectivity index (χ0n) is 9.75. The summed E-state index contributed by atoms with van der Waals surface area (Å²) in [6, 6.07) is 13.0. The number of anilines is 2. The number of phenols is 1. The Kier molecular flexibility index (Phi) is 2.52. The summed E-state index contributed by atoms with van der Waals surface area (Å²) in [7, 11) is 0. The van der Waals surface area contributed by atoms with Gasteiger partial charge in [-0.25, -0.2) is 0 Å². The van der Waals surface area contributed by atoms with E-state index in [4.69, 9.17) is 0 Å². The van der Waals surface area contributed by atoms with Gasteiger partial charge in [0, 0.05) is 16.7 Å². The Labute approximate surface area is 109 Å². The molecule has 0 fully saturated rings. The number of hydrogen-bond donors (Lipinski definition) is 1. The van der Waals surface area contributed by atoms with E-state index in [2.05, 4.69) is 0 Å². The smallest absolute Gasteiger partial charge is 0.228 e. The third-order valence-corrected chi connectivity index (χ3v) is 3.96. The van der Waals surface area contributed by atoms with E-state index in [9.17, 15) is 9.90 Å². The Morgan fingerprint density at radius 1 is 1.11 bits per heavy atom. The summed E-state index contributed by atoms with van der Waals surface area (Å²) in [4.78, 5) is 15.4. The molecule has 4 heteroatoms. The van der Waals surface area contributed by atoms with Crippen LogP contribution in [0.1, 0.15) is 6.92 Å². The molecule has 1 heterocycles. The Morgan fingerprint density at radius 3 is 2.61 bits per heavy atom. The van der Waals surface area contributed by atoms with Gasteiger partial charge in [-0.1, -0.05) is 30.0 Å². The van der Waals surface area contributed by atoms with Crippen molar-refractivity contribution in [1.29, 1.82) is 0 Å². The predicted molar refractivity (Wildman–Crippen MR) is 71.5 cm³/mol. The molecule has 0 saturated carbocycles. The van der Waals surface area contributed by atoms with Crippen LogP contribution < -0.4 is 4.90 Å². The Bertz CT molecular complexity index is 639. The van der Waals surface area contributed by atoms with Crippen LogP contribution in [0.5, 0.6) is 5.75 Å². The molecule has 3 nitrogen and oxygen atoms in total. The van der Waals surface area contributed by atoms with Crippen molar-refractivity contribution in [2.75, 3.05) is 4.90 Å². The molecule has 18 heavy (non-hydrogen) atoms. The number of amides is 1. The summed E-state index contributed by atoms with van der Waals surface area (Å²) in [5, 5.41) is 9.99. The molecule has 0 atom stereocenters. The first kappa shape index (κ1) is 11.2. The number of rotatable bonds is 0. The summed E-state index contributed by atoms with van der Waals surface area (Å²) >= 11 is 1.56. The normalized spacial score (nSPS) is 12.8. The molecular formula is C14H11NO2S. The molecular weight excluding hydrogens is 246 g/mol. The van der Waals surface area contributed by atoms with Gasteiger partial charge >= 0.3 is 0 Å². The maximum atomic E-state index is 11.9. The minimum absolute atomic E-state index is 0.106. The lowest BCUT2D eigenvalue weighted by Gasteiger charge is -2.30. The van der Waals surface area contributed by atoms with Crippen molar-refractivity contribution in [1.82, 2.24) is 0 Å². The number of fused-ring (bicyclic) bond motifs is 2. The maximum Gasteiger partial charge on any atom is 0.228 e. The molecule has 1 aliphatic rings. The molecule has 3 rings (SSSR count). The van der Waals surface area contributed by atoms with Crippen molar-refractivity contribution in [3.63, 3.8) is 0 Å². The number of benzene rings is 2. The molecule has 0 aromatic heterocycles. The Balaban J connectivity index is 2.28. The van der Waals surface area contributed by atoms with Crippen molar-refractivity contribution < 1.29 is 9.90 Å². The molecule has 0 spiro atoms. The van der Waals surface area contributed by atoms with Gasteiger partial charge < -0.3 is 5.11 Å². The topological polar surface area (TPSA) is 40.5 Å². The molecule has 0 bridgehead atoms. The Morgan fingerprint density at radius 2 is 1.83 bits per heavy atom. The fourth-order valence-corrected chi connectivity index (χ4v) is 3.20. The van der Waals surface area contributed by atoms with E-state index in [0.29, 0.717) is 5.69 Å². The van der Waals surface area contributed by atoms with Crippen molar-refractivity contribution >= 4 is 29.0 Å². The van der Waals surface area contributed by atoms with Crippen molar-refractivity contribution in [2.24, 2.45) is 0 Å². The standard InChI is InChI=1S/C14H11NO2S/c1-9(16)15-10-5-2-3-7-12(10)18-13-8-4-6-11(17)14(13)15/h2-8,17H,1H3. The van der Waals surface area contributed by atoms with Gasteiger partial charge in [0.1, 0.15) is 11.4 Å². The summed E-state index contributed by atoms with van der Waals surface area (Å²) in [5.41, 5.74) is 1.40. The van der Waals surface area contributed by atoms with Gasteiger partial charge in [0.2, 0.25) is 5.91 Å². The van der Waals surface area contributed by atoms with Gasteiger partial charge in [0.05, 0.1) is 5.69 Å². The SMILES string of the molecule is CC(=O)N1c2ccccc2Sc2cccc(O)c21. The third-order valence-electron chi connectivity index (χ3n) is 2.84. The van der Waals surface area contributed by atoms with Gasteiger partial charge in [-0.05, 0) is 24.3 Å². The number of carbonyl (C=O) groups is 1. The number of carbonyl (C=O) groups excluding carboxylic acids is 1. The van der Waals surface area contributed by atoms with Crippen molar-refractivity contribution in [3.8, 4) is 5.75 Å². The van der Waals surface area contributed by atoms with E-state index in [1.165, 1.54) is 6.92 Å². The lowest BCUT2D eigenvalue weighted by molar-refractivity contribution is -0.115. The number of para-hydroxylation sites is 2. The quantitative estimate of drug-likeness (QED) is 0.784. The summed E-state index contributed by atoms with van der Waals surface area (Å²) in [6.45, 7) is 1.50. The number of aromatic hydroxyl groups is 1. The van der Waals surface area contributed by atoms with E-state index in [0.717, 1.165) is 15.5 Å². The van der Waals surface area contributed by atoms with Crippen LogP contribution in [-0.2, 0) is 4.79 Å². The number of hydrogen-bond acceptors (Lipinski definition) is 3. The highest BCUT2D eigenvalue weighted by Gasteiger charge is 2.28. The maximum absolute atomic E-state index is 11.9. The van der Waals surface area contributed by atoms with Crippen LogP contribution in [0.4, 0.5) is 11.4 Å². The molecule has 90 valence electrons. The summed E-state index contributed by atoms with van der Waals surface area (Å²) < 4.78 is 0. The van der Waals surface area contributed by atoms with Crippen LogP contribution in [0.15, 0.2) is 52.3 Å². The zero-order valence-corrected chi connectivity index (χ0v) is 10.6. The molecule has 0 radical (unpaired) electrons. The van der Waals surface area contributed by atoms with Crippen LogP contribution in [0.3, 0.4) is 0 Å². The van der Waals surface area contributed by atoms with E-state index < -0.39 is 0 Å². The molecule has 0 saturated heterocycles. The molecule has 1 amide bonds. The average molecular weight is 257 g/mol. The molecule has 1 N–H and O–H groups in total. The van der Waals surface area contributed by atoms with Gasteiger partial charge in [0.25, 0.3) is 0 Å². The molecule has 0 aliphatic carbocycles. The number of nitrogens with zero attached hydrogens (tertiary/aromatic N) is 1. The van der Waals surface area contributed by atoms with Crippen molar-refractivity contribution in [3.05, 3.63) is 42.5 Å². The average Bonchev–Trinajstić information content (AvgIpc) is 2.36. The molecule has 2 aromatic carbocycles. The molecule has 0 unspecified atom stereocenters. The first-order valence-corrected chi connectivity index (χ1v) is 6.39. The van der Waals surface area contributed by atoms with Crippen LogP contribution in [0.2, 0.25) is 0 Å². The van der Waals surface area contributed by atoms with Gasteiger partial charge in [0.15, 0.2) is 0 Å². The fraction of sp³-hybridized carbons (Fsp3) is 0.0714. The highest BCUT2D eigenvalue weighted by Crippen LogP contribution is 2.51. The largest absolute Gasteiger partial charge is 0.506 e. The third kappa shape index (κ3) is 1.57. The first-order valence-electron chi connectivity index (χ1n) is 5.58. The minimum Gasteiger partial charge on any atom is -0.506 e. The molecule has 2 aromatic rings. The molecule has 1 aliphatic heterocycles. The van der Waals surface area contributed by atoms with E-state index in [1.807, 2.05) is 30.3 Å². The van der Waals surface area contributed by atoms with E-state index in [-0.39, 0.29) is 11.7 Å². The van der Waals surface area contributed by atoms with Crippen molar-refractivity contribution in [2.45, 2.75) is 16.7 Å². The summed E-state index contributed by atoms with van der Waals surface area (Å²) in [5.74, 6) is 0.0233. The van der Waals surface area contributed by atoms with Crippen LogP contribution >= 0.6 is 11.8 Å². The monoisotopic (exact) mass is 257 g/mol. The first-order chi connectivity index (χ1) is 8.68. The van der Waals surface area contributed by atoms with Gasteiger partial charge in [-0.3, -0.25) is 9.69 Å². The van der Waals surface area contributed by atoms with Crippen LogP contribution in [0.25, 0.3) is 0 Å².